The van der Waals surface area contributed by atoms with Crippen LogP contribution in [0.4, 0.5) is 0 Å². The van der Waals surface area contributed by atoms with Crippen molar-refractivity contribution in [2.45, 2.75) is 11.1 Å². The van der Waals surface area contributed by atoms with Gasteiger partial charge in [0.05, 0.1) is 19.2 Å². The SMILES string of the molecule is CC#CCNS(=O)(=O)c1scnc1C(=O)OC. The van der Waals surface area contributed by atoms with Crippen LogP contribution < -0.4 is 4.72 Å². The quantitative estimate of drug-likeness (QED) is 0.627. The van der Waals surface area contributed by atoms with Crippen LogP contribution in [0.2, 0.25) is 0 Å². The minimum atomic E-state index is -3.77. The van der Waals surface area contributed by atoms with Crippen molar-refractivity contribution in [3.8, 4) is 11.8 Å². The first-order valence-corrected chi connectivity index (χ1v) is 6.80. The minimum Gasteiger partial charge on any atom is -0.464 e. The summed E-state index contributed by atoms with van der Waals surface area (Å²) in [5, 5.41) is 0. The summed E-state index contributed by atoms with van der Waals surface area (Å²) in [6, 6.07) is 0. The molecule has 0 aliphatic carbocycles. The van der Waals surface area contributed by atoms with Crippen molar-refractivity contribution in [3.63, 3.8) is 0 Å². The van der Waals surface area contributed by atoms with Gasteiger partial charge in [-0.05, 0) is 6.92 Å². The molecule has 0 unspecified atom stereocenters. The van der Waals surface area contributed by atoms with E-state index >= 15 is 0 Å². The lowest BCUT2D eigenvalue weighted by Gasteiger charge is -2.02. The van der Waals surface area contributed by atoms with Gasteiger partial charge in [-0.1, -0.05) is 5.92 Å². The molecule has 0 radical (unpaired) electrons. The number of esters is 1. The van der Waals surface area contributed by atoms with E-state index in [1.54, 1.807) is 6.92 Å². The molecule has 0 saturated carbocycles. The molecule has 1 rings (SSSR count). The summed E-state index contributed by atoms with van der Waals surface area (Å²) >= 11 is 0.848. The topological polar surface area (TPSA) is 85.4 Å². The van der Waals surface area contributed by atoms with Crippen LogP contribution in [0.5, 0.6) is 0 Å². The largest absolute Gasteiger partial charge is 0.464 e. The fourth-order valence-electron chi connectivity index (χ4n) is 0.944. The smallest absolute Gasteiger partial charge is 0.358 e. The molecule has 6 nitrogen and oxygen atoms in total. The van der Waals surface area contributed by atoms with Gasteiger partial charge in [-0.2, -0.15) is 4.72 Å². The van der Waals surface area contributed by atoms with Gasteiger partial charge in [0.2, 0.25) is 0 Å². The summed E-state index contributed by atoms with van der Waals surface area (Å²) in [4.78, 5) is 14.9. The normalized spacial score (nSPS) is 10.5. The predicted molar refractivity (Wildman–Crippen MR) is 62.1 cm³/mol. The molecule has 8 heteroatoms. The average Bonchev–Trinajstić information content (AvgIpc) is 2.78. The predicted octanol–water partition coefficient (Wildman–Crippen LogP) is 0.231. The van der Waals surface area contributed by atoms with Gasteiger partial charge in [0.1, 0.15) is 0 Å². The Morgan fingerprint density at radius 2 is 2.35 bits per heavy atom. The maximum Gasteiger partial charge on any atom is 0.358 e. The first kappa shape index (κ1) is 13.6. The number of sulfonamides is 1. The third-order valence-corrected chi connectivity index (χ3v) is 4.46. The molecule has 1 aromatic heterocycles. The number of nitrogens with zero attached hydrogens (tertiary/aromatic N) is 1. The minimum absolute atomic E-state index is 0.0165. The fourth-order valence-corrected chi connectivity index (χ4v) is 3.04. The van der Waals surface area contributed by atoms with E-state index < -0.39 is 16.0 Å². The van der Waals surface area contributed by atoms with Crippen LogP contribution in [0.1, 0.15) is 17.4 Å². The molecule has 0 amide bonds. The third-order valence-electron chi connectivity index (χ3n) is 1.69. The second-order valence-corrected chi connectivity index (χ2v) is 5.55. The van der Waals surface area contributed by atoms with E-state index in [4.69, 9.17) is 0 Å². The molecule has 0 aliphatic heterocycles. The first-order valence-electron chi connectivity index (χ1n) is 4.44. The molecule has 0 aromatic carbocycles. The summed E-state index contributed by atoms with van der Waals surface area (Å²) in [6.07, 6.45) is 0. The Bertz CT molecular complexity index is 565. The van der Waals surface area contributed by atoms with Crippen molar-refractivity contribution in [3.05, 3.63) is 11.2 Å². The van der Waals surface area contributed by atoms with Gasteiger partial charge in [-0.25, -0.2) is 18.2 Å². The zero-order valence-corrected chi connectivity index (χ0v) is 10.8. The van der Waals surface area contributed by atoms with Gasteiger partial charge in [-0.3, -0.25) is 0 Å². The number of rotatable bonds is 4. The Labute approximate surface area is 103 Å². The fraction of sp³-hybridized carbons (Fsp3) is 0.333. The van der Waals surface area contributed by atoms with E-state index in [0.29, 0.717) is 0 Å². The average molecular weight is 274 g/mol. The number of aromatic nitrogens is 1. The summed E-state index contributed by atoms with van der Waals surface area (Å²) in [5.41, 5.74) is 1.06. The van der Waals surface area contributed by atoms with Gasteiger partial charge < -0.3 is 4.74 Å². The summed E-state index contributed by atoms with van der Waals surface area (Å²) in [5.74, 6) is 4.33. The number of ether oxygens (including phenoxy) is 1. The van der Waals surface area contributed by atoms with Gasteiger partial charge >= 0.3 is 5.97 Å². The zero-order chi connectivity index (χ0) is 12.9. The number of nitrogens with one attached hydrogen (secondary N) is 1. The Morgan fingerprint density at radius 1 is 1.65 bits per heavy atom. The Hall–Kier alpha value is -1.43. The highest BCUT2D eigenvalue weighted by molar-refractivity contribution is 7.91. The van der Waals surface area contributed by atoms with E-state index in [1.807, 2.05) is 0 Å². The van der Waals surface area contributed by atoms with Crippen LogP contribution in [0.3, 0.4) is 0 Å². The molecule has 92 valence electrons. The maximum absolute atomic E-state index is 11.8. The number of thiazole rings is 1. The van der Waals surface area contributed by atoms with Crippen molar-refractivity contribution in [1.29, 1.82) is 0 Å². The lowest BCUT2D eigenvalue weighted by atomic mass is 10.5. The lowest BCUT2D eigenvalue weighted by Crippen LogP contribution is -2.25. The van der Waals surface area contributed by atoms with Crippen LogP contribution in [-0.2, 0) is 14.8 Å². The van der Waals surface area contributed by atoms with E-state index in [-0.39, 0.29) is 16.4 Å². The summed E-state index contributed by atoms with van der Waals surface area (Å²) in [7, 11) is -2.61. The van der Waals surface area contributed by atoms with Crippen LogP contribution in [0.15, 0.2) is 9.72 Å². The highest BCUT2D eigenvalue weighted by Gasteiger charge is 2.25. The molecule has 1 aromatic rings. The maximum atomic E-state index is 11.8. The van der Waals surface area contributed by atoms with Crippen molar-refractivity contribution >= 4 is 27.3 Å². The molecule has 1 heterocycles. The second-order valence-electron chi connectivity index (χ2n) is 2.73. The standard InChI is InChI=1S/C9H10N2O4S2/c1-3-4-5-11-17(13,14)9-7(8(12)15-2)10-6-16-9/h6,11H,5H2,1-2H3. The molecule has 0 fully saturated rings. The highest BCUT2D eigenvalue weighted by atomic mass is 32.2. The third kappa shape index (κ3) is 3.26. The number of carbonyl (C=O) groups excluding carboxylic acids is 1. The Kier molecular flexibility index (Phi) is 4.62. The molecule has 0 aliphatic rings. The number of hydrogen-bond donors (Lipinski definition) is 1. The lowest BCUT2D eigenvalue weighted by molar-refractivity contribution is 0.0590. The number of hydrogen-bond acceptors (Lipinski definition) is 6. The van der Waals surface area contributed by atoms with E-state index in [1.165, 1.54) is 5.51 Å². The van der Waals surface area contributed by atoms with Crippen LogP contribution >= 0.6 is 11.3 Å². The van der Waals surface area contributed by atoms with E-state index in [9.17, 15) is 13.2 Å². The van der Waals surface area contributed by atoms with Crippen LogP contribution in [-0.4, -0.2) is 33.0 Å². The van der Waals surface area contributed by atoms with Crippen molar-refractivity contribution in [1.82, 2.24) is 9.71 Å². The zero-order valence-electron chi connectivity index (χ0n) is 9.18. The Morgan fingerprint density at radius 3 is 2.94 bits per heavy atom. The molecule has 17 heavy (non-hydrogen) atoms. The second kappa shape index (κ2) is 5.77. The molecular weight excluding hydrogens is 264 g/mol. The summed E-state index contributed by atoms with van der Waals surface area (Å²) < 4.78 is 30.1. The molecular formula is C9H10N2O4S2. The number of carbonyl (C=O) groups is 1. The van der Waals surface area contributed by atoms with Crippen LogP contribution in [0, 0.1) is 11.8 Å². The van der Waals surface area contributed by atoms with Gasteiger partial charge in [0.25, 0.3) is 10.0 Å². The van der Waals surface area contributed by atoms with Gasteiger partial charge in [-0.15, -0.1) is 17.3 Å². The van der Waals surface area contributed by atoms with Gasteiger partial charge in [0.15, 0.2) is 9.90 Å². The van der Waals surface area contributed by atoms with Crippen molar-refractivity contribution < 1.29 is 17.9 Å². The molecule has 0 bridgehead atoms. The van der Waals surface area contributed by atoms with Crippen molar-refractivity contribution in [2.75, 3.05) is 13.7 Å². The Balaban J connectivity index is 3.02. The van der Waals surface area contributed by atoms with E-state index in [2.05, 4.69) is 26.3 Å². The molecule has 0 atom stereocenters. The molecule has 0 saturated heterocycles. The van der Waals surface area contributed by atoms with Crippen LogP contribution in [0.25, 0.3) is 0 Å². The number of methoxy groups -OCH3 is 1. The first-order chi connectivity index (χ1) is 8.03. The molecule has 1 N–H and O–H groups in total. The highest BCUT2D eigenvalue weighted by Crippen LogP contribution is 2.20. The monoisotopic (exact) mass is 274 g/mol. The van der Waals surface area contributed by atoms with Gasteiger partial charge in [0, 0.05) is 0 Å². The van der Waals surface area contributed by atoms with Crippen molar-refractivity contribution in [2.24, 2.45) is 0 Å². The molecule has 0 spiro atoms. The van der Waals surface area contributed by atoms with E-state index in [0.717, 1.165) is 18.4 Å². The summed E-state index contributed by atoms with van der Waals surface area (Å²) in [6.45, 7) is 1.58.